The van der Waals surface area contributed by atoms with Crippen molar-refractivity contribution in [1.82, 2.24) is 4.98 Å². The summed E-state index contributed by atoms with van der Waals surface area (Å²) in [5, 5.41) is 2.17. The molecule has 0 amide bonds. The molecule has 0 spiro atoms. The van der Waals surface area contributed by atoms with Gasteiger partial charge in [-0.25, -0.2) is 9.59 Å². The van der Waals surface area contributed by atoms with Crippen LogP contribution in [0, 0.1) is 13.8 Å². The monoisotopic (exact) mass is 619 g/mol. The molecule has 0 aliphatic heterocycles. The normalized spacial score (nSPS) is 8.95. The number of halogens is 2. The lowest BCUT2D eigenvalue weighted by molar-refractivity contribution is -0.115. The molecule has 2 aromatic carbocycles. The predicted molar refractivity (Wildman–Crippen MR) is 174 cm³/mol. The second-order valence-electron chi connectivity index (χ2n) is 8.13. The third-order valence-corrected chi connectivity index (χ3v) is 4.78. The number of ether oxygens (including phenoxy) is 2. The van der Waals surface area contributed by atoms with Gasteiger partial charge in [0.1, 0.15) is 16.9 Å². The number of hydrogen-bond acceptors (Lipinski definition) is 7. The Hall–Kier alpha value is -3.52. The summed E-state index contributed by atoms with van der Waals surface area (Å²) >= 11 is 11.2. The molecule has 0 radical (unpaired) electrons. The van der Waals surface area contributed by atoms with Crippen molar-refractivity contribution in [3.05, 3.63) is 110 Å². The number of ketones is 1. The van der Waals surface area contributed by atoms with Crippen molar-refractivity contribution < 1.29 is 23.5 Å². The number of carbonyl (C=O) groups excluding carboxylic acids is 2. The van der Waals surface area contributed by atoms with Crippen LogP contribution in [0.25, 0.3) is 11.0 Å². The van der Waals surface area contributed by atoms with E-state index in [4.69, 9.17) is 32.4 Å². The van der Waals surface area contributed by atoms with E-state index >= 15 is 0 Å². The van der Waals surface area contributed by atoms with Crippen molar-refractivity contribution in [3.8, 4) is 0 Å². The number of hydrogen-bond donors (Lipinski definition) is 0. The van der Waals surface area contributed by atoms with Gasteiger partial charge in [-0.05, 0) is 80.8 Å². The van der Waals surface area contributed by atoms with E-state index in [1.54, 1.807) is 37.7 Å². The van der Waals surface area contributed by atoms with E-state index < -0.39 is 11.6 Å². The zero-order chi connectivity index (χ0) is 32.7. The number of rotatable bonds is 3. The largest absolute Gasteiger partial charge is 0.465 e. The number of aryl methyl sites for hydroxylation is 2. The molecule has 42 heavy (non-hydrogen) atoms. The molecule has 0 fully saturated rings. The van der Waals surface area contributed by atoms with Crippen molar-refractivity contribution in [2.75, 3.05) is 14.2 Å². The van der Waals surface area contributed by atoms with E-state index in [0.29, 0.717) is 22.6 Å². The Balaban J connectivity index is 0. The number of fused-ring (bicyclic) bond motifs is 1. The van der Waals surface area contributed by atoms with Gasteiger partial charge in [0.25, 0.3) is 0 Å². The Bertz CT molecular complexity index is 1320. The van der Waals surface area contributed by atoms with Gasteiger partial charge in [0.05, 0.1) is 18.7 Å². The molecular weight excluding hydrogens is 577 g/mol. The lowest BCUT2D eigenvalue weighted by Crippen LogP contribution is -2.14. The van der Waals surface area contributed by atoms with Crippen LogP contribution in [-0.4, -0.2) is 31.0 Å². The lowest BCUT2D eigenvalue weighted by atomic mass is 10.1. The number of carbonyl (C=O) groups is 2. The molecule has 0 N–H and O–H groups in total. The highest BCUT2D eigenvalue weighted by atomic mass is 35.5. The van der Waals surface area contributed by atoms with Gasteiger partial charge in [0.2, 0.25) is 0 Å². The molecule has 4 rings (SSSR count). The van der Waals surface area contributed by atoms with Gasteiger partial charge >= 0.3 is 11.6 Å². The maximum absolute atomic E-state index is 11.6. The average Bonchev–Trinajstić information content (AvgIpc) is 2.95. The van der Waals surface area contributed by atoms with Crippen molar-refractivity contribution in [1.29, 1.82) is 0 Å². The molecule has 0 atom stereocenters. The van der Waals surface area contributed by atoms with Crippen molar-refractivity contribution >= 4 is 45.9 Å². The fraction of sp³-hybridized carbons (Fsp3) is 0.333. The van der Waals surface area contributed by atoms with Crippen LogP contribution in [0.4, 0.5) is 0 Å². The quantitative estimate of drug-likeness (QED) is 0.167. The molecule has 2 heterocycles. The zero-order valence-electron chi connectivity index (χ0n) is 26.2. The van der Waals surface area contributed by atoms with Gasteiger partial charge in [-0.1, -0.05) is 69.1 Å². The molecule has 7 nitrogen and oxygen atoms in total. The number of nitrogens with zero attached hydrogens (tertiary/aromatic N) is 1. The van der Waals surface area contributed by atoms with Gasteiger partial charge < -0.3 is 18.7 Å². The molecular formula is C33H43Cl2NO6. The number of pyridine rings is 1. The zero-order valence-corrected chi connectivity index (χ0v) is 27.7. The SMILES string of the molecule is CC.CC.CC(C)=O.COCc1ccc2oc(=O)c(C(=O)OC)cc2c1.Cc1cccc(Cl)c1.Cc1cncc(Cl)c1. The van der Waals surface area contributed by atoms with Crippen LogP contribution in [0.3, 0.4) is 0 Å². The number of Topliss-reactive ketones (excluding diaryl/α,β-unsaturated/α-hetero) is 1. The fourth-order valence-electron chi connectivity index (χ4n) is 2.81. The Morgan fingerprint density at radius 2 is 1.43 bits per heavy atom. The predicted octanol–water partition coefficient (Wildman–Crippen LogP) is 9.07. The molecule has 0 bridgehead atoms. The number of benzene rings is 2. The molecule has 2 aromatic heterocycles. The Morgan fingerprint density at radius 1 is 0.833 bits per heavy atom. The first-order valence-corrected chi connectivity index (χ1v) is 14.1. The summed E-state index contributed by atoms with van der Waals surface area (Å²) in [5.41, 5.74) is 2.84. The van der Waals surface area contributed by atoms with E-state index in [9.17, 15) is 14.4 Å². The summed E-state index contributed by atoms with van der Waals surface area (Å²) in [5.74, 6) is -0.539. The van der Waals surface area contributed by atoms with Crippen LogP contribution in [0.5, 0.6) is 0 Å². The lowest BCUT2D eigenvalue weighted by Gasteiger charge is -2.03. The van der Waals surface area contributed by atoms with Crippen LogP contribution in [0.2, 0.25) is 10.0 Å². The number of methoxy groups -OCH3 is 2. The summed E-state index contributed by atoms with van der Waals surface area (Å²) in [6.07, 6.45) is 3.39. The Labute approximate surface area is 259 Å². The van der Waals surface area contributed by atoms with Gasteiger partial charge in [-0.2, -0.15) is 0 Å². The summed E-state index contributed by atoms with van der Waals surface area (Å²) in [6, 6.07) is 16.4. The highest BCUT2D eigenvalue weighted by Crippen LogP contribution is 2.16. The number of aromatic nitrogens is 1. The van der Waals surface area contributed by atoms with Gasteiger partial charge in [0, 0.05) is 29.9 Å². The summed E-state index contributed by atoms with van der Waals surface area (Å²) in [7, 11) is 2.81. The third-order valence-electron chi connectivity index (χ3n) is 4.33. The molecule has 0 saturated heterocycles. The molecule has 0 saturated carbocycles. The average molecular weight is 621 g/mol. The maximum Gasteiger partial charge on any atom is 0.351 e. The van der Waals surface area contributed by atoms with E-state index in [2.05, 4.69) is 9.72 Å². The highest BCUT2D eigenvalue weighted by molar-refractivity contribution is 6.30. The smallest absolute Gasteiger partial charge is 0.351 e. The first kappa shape index (κ1) is 40.6. The molecule has 230 valence electrons. The second kappa shape index (κ2) is 24.1. The minimum Gasteiger partial charge on any atom is -0.465 e. The second-order valence-corrected chi connectivity index (χ2v) is 9.00. The Kier molecular flexibility index (Phi) is 23.3. The topological polar surface area (TPSA) is 95.7 Å². The number of esters is 1. The molecule has 4 aromatic rings. The molecule has 9 heteroatoms. The fourth-order valence-corrected chi connectivity index (χ4v) is 3.28. The highest BCUT2D eigenvalue weighted by Gasteiger charge is 2.13. The van der Waals surface area contributed by atoms with Crippen LogP contribution < -0.4 is 5.63 Å². The van der Waals surface area contributed by atoms with Gasteiger partial charge in [-0.15, -0.1) is 0 Å². The van der Waals surface area contributed by atoms with E-state index in [1.165, 1.54) is 32.6 Å². The standard InChI is InChI=1S/C13H12O5.C7H7Cl.C6H6ClN.C3H6O.2C2H6/c1-16-7-8-3-4-11-9(5-8)6-10(12(14)17-2)13(15)18-11;1-6-3-2-4-7(8)5-6;1-5-2-6(7)4-8-3-5;1-3(2)4;2*1-2/h3-6H,7H2,1-2H3;2-5H,1H3;2-4H,1H3;1-2H3;2*1-2H3. The van der Waals surface area contributed by atoms with Gasteiger partial charge in [0.15, 0.2) is 0 Å². The third kappa shape index (κ3) is 18.0. The van der Waals surface area contributed by atoms with Crippen LogP contribution in [0.15, 0.2) is 76.2 Å². The van der Waals surface area contributed by atoms with E-state index in [-0.39, 0.29) is 11.3 Å². The first-order chi connectivity index (χ1) is 20.0. The summed E-state index contributed by atoms with van der Waals surface area (Å²) < 4.78 is 14.6. The van der Waals surface area contributed by atoms with E-state index in [1.807, 2.05) is 71.9 Å². The van der Waals surface area contributed by atoms with E-state index in [0.717, 1.165) is 16.1 Å². The van der Waals surface area contributed by atoms with Crippen molar-refractivity contribution in [2.24, 2.45) is 0 Å². The van der Waals surface area contributed by atoms with Crippen molar-refractivity contribution in [3.63, 3.8) is 0 Å². The summed E-state index contributed by atoms with van der Waals surface area (Å²) in [6.45, 7) is 15.5. The molecule has 0 aliphatic carbocycles. The summed E-state index contributed by atoms with van der Waals surface area (Å²) in [4.78, 5) is 36.2. The molecule has 0 unspecified atom stereocenters. The molecule has 0 aliphatic rings. The minimum atomic E-state index is -0.706. The van der Waals surface area contributed by atoms with Gasteiger partial charge in [-0.3, -0.25) is 4.98 Å². The minimum absolute atomic E-state index is 0.112. The van der Waals surface area contributed by atoms with Crippen LogP contribution in [-0.2, 0) is 20.9 Å². The van der Waals surface area contributed by atoms with Crippen LogP contribution >= 0.6 is 23.2 Å². The maximum atomic E-state index is 11.6. The van der Waals surface area contributed by atoms with Crippen molar-refractivity contribution in [2.45, 2.75) is 62.0 Å². The van der Waals surface area contributed by atoms with Crippen LogP contribution in [0.1, 0.15) is 68.6 Å². The Morgan fingerprint density at radius 3 is 1.86 bits per heavy atom. The first-order valence-electron chi connectivity index (χ1n) is 13.4.